The van der Waals surface area contributed by atoms with Crippen LogP contribution in [0.5, 0.6) is 11.5 Å². The first-order valence-corrected chi connectivity index (χ1v) is 8.42. The largest absolute Gasteiger partial charge is 0.455 e. The third-order valence-electron chi connectivity index (χ3n) is 4.03. The minimum atomic E-state index is 0.351. The molecule has 1 N–H and O–H groups in total. The smallest absolute Gasteiger partial charge is 0.207 e. The molecule has 0 radical (unpaired) electrons. The van der Waals surface area contributed by atoms with E-state index in [0.29, 0.717) is 17.4 Å². The zero-order chi connectivity index (χ0) is 18.6. The molecule has 0 aliphatic carbocycles. The molecule has 2 heterocycles. The first-order chi connectivity index (χ1) is 13.2. The van der Waals surface area contributed by atoms with Crippen molar-refractivity contribution in [3.8, 4) is 23.8 Å². The van der Waals surface area contributed by atoms with Crippen LogP contribution in [-0.2, 0) is 0 Å². The molecular formula is C22H16N4O. The van der Waals surface area contributed by atoms with Crippen molar-refractivity contribution in [2.45, 2.75) is 6.92 Å². The van der Waals surface area contributed by atoms with Crippen molar-refractivity contribution >= 4 is 22.4 Å². The van der Waals surface area contributed by atoms with Crippen LogP contribution in [0.4, 0.5) is 11.5 Å². The molecule has 5 heteroatoms. The number of nitrogens with one attached hydrogen (secondary N) is 1. The fraction of sp³-hybridized carbons (Fsp3) is 0.0455. The Hall–Kier alpha value is -3.91. The summed E-state index contributed by atoms with van der Waals surface area (Å²) in [6.45, 7) is 1.99. The molecule has 130 valence electrons. The van der Waals surface area contributed by atoms with Crippen molar-refractivity contribution in [1.29, 1.82) is 0 Å². The normalized spacial score (nSPS) is 10.4. The van der Waals surface area contributed by atoms with E-state index < -0.39 is 0 Å². The number of aryl methyl sites for hydroxylation is 1. The van der Waals surface area contributed by atoms with E-state index in [2.05, 4.69) is 26.2 Å². The van der Waals surface area contributed by atoms with E-state index in [1.807, 2.05) is 61.5 Å². The van der Waals surface area contributed by atoms with Gasteiger partial charge in [-0.25, -0.2) is 9.97 Å². The topological polar surface area (TPSA) is 59.9 Å². The Morgan fingerprint density at radius 3 is 2.70 bits per heavy atom. The number of ether oxygens (including phenoxy) is 1. The van der Waals surface area contributed by atoms with Crippen LogP contribution < -0.4 is 10.1 Å². The van der Waals surface area contributed by atoms with Gasteiger partial charge in [0.25, 0.3) is 0 Å². The minimum absolute atomic E-state index is 0.351. The molecule has 0 amide bonds. The number of terminal acetylenes is 1. The van der Waals surface area contributed by atoms with Crippen molar-refractivity contribution in [2.24, 2.45) is 0 Å². The van der Waals surface area contributed by atoms with Crippen LogP contribution in [0.3, 0.4) is 0 Å². The second-order valence-corrected chi connectivity index (χ2v) is 5.95. The Morgan fingerprint density at radius 1 is 1.04 bits per heavy atom. The molecule has 0 aliphatic rings. The molecule has 0 unspecified atom stereocenters. The average molecular weight is 352 g/mol. The highest BCUT2D eigenvalue weighted by Gasteiger charge is 2.08. The molecule has 2 aromatic heterocycles. The summed E-state index contributed by atoms with van der Waals surface area (Å²) in [4.78, 5) is 12.9. The van der Waals surface area contributed by atoms with Crippen molar-refractivity contribution in [1.82, 2.24) is 15.0 Å². The Balaban J connectivity index is 1.65. The molecule has 4 rings (SSSR count). The number of pyridine rings is 1. The SMILES string of the molecule is C#Cc1nc(Nc2ccc(Oc3cccnc3)c(C)c2)c2ccccc2n1. The Labute approximate surface area is 157 Å². The lowest BCUT2D eigenvalue weighted by Gasteiger charge is -2.12. The molecule has 4 aromatic rings. The van der Waals surface area contributed by atoms with Crippen LogP contribution in [0.2, 0.25) is 0 Å². The van der Waals surface area contributed by atoms with Crippen LogP contribution in [0.1, 0.15) is 11.4 Å². The van der Waals surface area contributed by atoms with Crippen LogP contribution in [-0.4, -0.2) is 15.0 Å². The summed E-state index contributed by atoms with van der Waals surface area (Å²) in [6, 6.07) is 17.3. The van der Waals surface area contributed by atoms with E-state index in [1.54, 1.807) is 12.4 Å². The lowest BCUT2D eigenvalue weighted by atomic mass is 10.2. The minimum Gasteiger partial charge on any atom is -0.455 e. The number of aromatic nitrogens is 3. The number of rotatable bonds is 4. The van der Waals surface area contributed by atoms with Gasteiger partial charge in [-0.2, -0.15) is 0 Å². The van der Waals surface area contributed by atoms with Gasteiger partial charge in [-0.15, -0.1) is 6.42 Å². The first-order valence-electron chi connectivity index (χ1n) is 8.42. The summed E-state index contributed by atoms with van der Waals surface area (Å²) in [5.41, 5.74) is 2.67. The molecule has 0 saturated heterocycles. The van der Waals surface area contributed by atoms with Crippen LogP contribution in [0.15, 0.2) is 67.0 Å². The summed E-state index contributed by atoms with van der Waals surface area (Å²) in [6.07, 6.45) is 8.89. The number of benzene rings is 2. The molecule has 2 aromatic carbocycles. The van der Waals surface area contributed by atoms with Gasteiger partial charge in [0.2, 0.25) is 5.82 Å². The Kier molecular flexibility index (Phi) is 4.38. The predicted molar refractivity (Wildman–Crippen MR) is 106 cm³/mol. The summed E-state index contributed by atoms with van der Waals surface area (Å²) in [5.74, 6) is 5.00. The van der Waals surface area contributed by atoms with Gasteiger partial charge in [-0.3, -0.25) is 4.98 Å². The molecular weight excluding hydrogens is 336 g/mol. The highest BCUT2D eigenvalue weighted by molar-refractivity contribution is 5.91. The average Bonchev–Trinajstić information content (AvgIpc) is 2.70. The lowest BCUT2D eigenvalue weighted by Crippen LogP contribution is -2.00. The molecule has 0 aliphatic heterocycles. The second kappa shape index (κ2) is 7.14. The third-order valence-corrected chi connectivity index (χ3v) is 4.03. The van der Waals surface area contributed by atoms with Gasteiger partial charge in [0.05, 0.1) is 11.7 Å². The monoisotopic (exact) mass is 352 g/mol. The first kappa shape index (κ1) is 16.6. The number of anilines is 2. The fourth-order valence-corrected chi connectivity index (χ4v) is 2.75. The van der Waals surface area contributed by atoms with Crippen LogP contribution >= 0.6 is 0 Å². The van der Waals surface area contributed by atoms with Gasteiger partial charge in [0.15, 0.2) is 0 Å². The molecule has 0 fully saturated rings. The van der Waals surface area contributed by atoms with Gasteiger partial charge >= 0.3 is 0 Å². The quantitative estimate of drug-likeness (QED) is 0.532. The van der Waals surface area contributed by atoms with Crippen LogP contribution in [0, 0.1) is 19.3 Å². The number of fused-ring (bicyclic) bond motifs is 1. The number of para-hydroxylation sites is 1. The van der Waals surface area contributed by atoms with Gasteiger partial charge in [-0.05, 0) is 60.9 Å². The summed E-state index contributed by atoms with van der Waals surface area (Å²) in [5, 5.41) is 4.25. The highest BCUT2D eigenvalue weighted by Crippen LogP contribution is 2.29. The summed E-state index contributed by atoms with van der Waals surface area (Å²) < 4.78 is 5.88. The zero-order valence-corrected chi connectivity index (χ0v) is 14.7. The highest BCUT2D eigenvalue weighted by atomic mass is 16.5. The van der Waals surface area contributed by atoms with E-state index in [4.69, 9.17) is 11.2 Å². The number of hydrogen-bond acceptors (Lipinski definition) is 5. The molecule has 0 atom stereocenters. The predicted octanol–water partition coefficient (Wildman–Crippen LogP) is 4.85. The van der Waals surface area contributed by atoms with Gasteiger partial charge in [0.1, 0.15) is 17.3 Å². The van der Waals surface area contributed by atoms with Crippen molar-refractivity contribution in [3.63, 3.8) is 0 Å². The molecule has 0 saturated carbocycles. The van der Waals surface area contributed by atoms with Crippen molar-refractivity contribution < 1.29 is 4.74 Å². The third kappa shape index (κ3) is 3.55. The standard InChI is InChI=1S/C22H16N4O/c1-3-21-25-19-9-5-4-8-18(19)22(26-21)24-16-10-11-20(15(2)13-16)27-17-7-6-12-23-14-17/h1,4-14H,2H3,(H,24,25,26). The second-order valence-electron chi connectivity index (χ2n) is 5.95. The van der Waals surface area contributed by atoms with Crippen LogP contribution in [0.25, 0.3) is 10.9 Å². The molecule has 5 nitrogen and oxygen atoms in total. The van der Waals surface area contributed by atoms with Crippen molar-refractivity contribution in [2.75, 3.05) is 5.32 Å². The Bertz CT molecular complexity index is 1150. The maximum Gasteiger partial charge on any atom is 0.207 e. The van der Waals surface area contributed by atoms with E-state index in [0.717, 1.165) is 27.9 Å². The zero-order valence-electron chi connectivity index (χ0n) is 14.7. The van der Waals surface area contributed by atoms with Gasteiger partial charge in [0, 0.05) is 17.3 Å². The lowest BCUT2D eigenvalue weighted by molar-refractivity contribution is 0.476. The molecule has 27 heavy (non-hydrogen) atoms. The van der Waals surface area contributed by atoms with E-state index in [-0.39, 0.29) is 0 Å². The number of nitrogens with zero attached hydrogens (tertiary/aromatic N) is 3. The van der Waals surface area contributed by atoms with Gasteiger partial charge < -0.3 is 10.1 Å². The molecule has 0 spiro atoms. The molecule has 0 bridgehead atoms. The summed E-state index contributed by atoms with van der Waals surface area (Å²) >= 11 is 0. The van der Waals surface area contributed by atoms with E-state index in [9.17, 15) is 0 Å². The van der Waals surface area contributed by atoms with E-state index >= 15 is 0 Å². The van der Waals surface area contributed by atoms with Crippen molar-refractivity contribution in [3.05, 3.63) is 78.4 Å². The van der Waals surface area contributed by atoms with Gasteiger partial charge in [-0.1, -0.05) is 12.1 Å². The Morgan fingerprint density at radius 2 is 1.93 bits per heavy atom. The maximum absolute atomic E-state index is 5.88. The number of hydrogen-bond donors (Lipinski definition) is 1. The maximum atomic E-state index is 5.88. The van der Waals surface area contributed by atoms with E-state index in [1.165, 1.54) is 0 Å². The fourth-order valence-electron chi connectivity index (χ4n) is 2.75. The summed E-state index contributed by atoms with van der Waals surface area (Å²) in [7, 11) is 0.